The molecule has 4 nitrogen and oxygen atoms in total. The lowest BCUT2D eigenvalue weighted by Crippen LogP contribution is -2.47. The average Bonchev–Trinajstić information content (AvgIpc) is 3.13. The monoisotopic (exact) mass is 346 g/mol. The fraction of sp³-hybridized carbons (Fsp3) is 0.684. The second kappa shape index (κ2) is 5.95. The van der Waals surface area contributed by atoms with Crippen molar-refractivity contribution in [1.82, 2.24) is 9.97 Å². The number of aromatic nitrogens is 2. The zero-order valence-corrected chi connectivity index (χ0v) is 15.8. The van der Waals surface area contributed by atoms with Gasteiger partial charge >= 0.3 is 0 Å². The Morgan fingerprint density at radius 2 is 2.00 bits per heavy atom. The molecule has 0 aromatic carbocycles. The van der Waals surface area contributed by atoms with E-state index in [0.717, 1.165) is 45.8 Å². The Morgan fingerprint density at radius 3 is 2.75 bits per heavy atom. The van der Waals surface area contributed by atoms with Crippen LogP contribution in [0.2, 0.25) is 0 Å². The Bertz CT molecular complexity index is 814. The van der Waals surface area contributed by atoms with E-state index in [1.807, 2.05) is 0 Å². The van der Waals surface area contributed by atoms with Crippen LogP contribution in [-0.2, 0) is 19.4 Å². The van der Waals surface area contributed by atoms with Crippen LogP contribution in [0.5, 0.6) is 0 Å². The molecular weight excluding hydrogens is 318 g/mol. The summed E-state index contributed by atoms with van der Waals surface area (Å²) in [5.41, 5.74) is 1.35. The van der Waals surface area contributed by atoms with Gasteiger partial charge in [0.05, 0.1) is 25.5 Å². The lowest BCUT2D eigenvalue weighted by Gasteiger charge is -2.35. The van der Waals surface area contributed by atoms with Crippen molar-refractivity contribution in [1.29, 1.82) is 0 Å². The zero-order chi connectivity index (χ0) is 16.9. The van der Waals surface area contributed by atoms with Crippen molar-refractivity contribution in [2.75, 3.05) is 14.1 Å². The third-order valence-electron chi connectivity index (χ3n) is 6.08. The summed E-state index contributed by atoms with van der Waals surface area (Å²) in [5, 5.41) is 0.872. The molecule has 2 aliphatic rings. The van der Waals surface area contributed by atoms with Crippen molar-refractivity contribution in [2.45, 2.75) is 64.5 Å². The molecule has 4 rings (SSSR count). The maximum Gasteiger partial charge on any atom is 0.260 e. The predicted octanol–water partition coefficient (Wildman–Crippen LogP) is 3.63. The molecule has 5 heteroatoms. The SMILES string of the molecule is C[C@@H]1CCc2c(sc3nc(C[N+](C)(C)C4CCCC4)[nH]c(=O)c23)C1. The van der Waals surface area contributed by atoms with Gasteiger partial charge in [-0.2, -0.15) is 0 Å². The van der Waals surface area contributed by atoms with E-state index < -0.39 is 0 Å². The number of aromatic amines is 1. The highest BCUT2D eigenvalue weighted by Gasteiger charge is 2.32. The summed E-state index contributed by atoms with van der Waals surface area (Å²) in [6.45, 7) is 3.12. The summed E-state index contributed by atoms with van der Waals surface area (Å²) in [6, 6.07) is 0.698. The first-order chi connectivity index (χ1) is 11.4. The van der Waals surface area contributed by atoms with Crippen LogP contribution in [0.4, 0.5) is 0 Å². The smallest absolute Gasteiger partial charge is 0.260 e. The van der Waals surface area contributed by atoms with Crippen molar-refractivity contribution in [3.05, 3.63) is 26.6 Å². The molecule has 2 aromatic heterocycles. The topological polar surface area (TPSA) is 45.8 Å². The third-order valence-corrected chi connectivity index (χ3v) is 7.23. The lowest BCUT2D eigenvalue weighted by molar-refractivity contribution is -0.927. The molecule has 2 aromatic rings. The first-order valence-corrected chi connectivity index (χ1v) is 10.1. The van der Waals surface area contributed by atoms with Crippen LogP contribution in [0.15, 0.2) is 4.79 Å². The first kappa shape index (κ1) is 16.3. The number of quaternary nitrogens is 1. The summed E-state index contributed by atoms with van der Waals surface area (Å²) in [7, 11) is 4.56. The number of nitrogens with one attached hydrogen (secondary N) is 1. The normalized spacial score (nSPS) is 22.2. The fourth-order valence-electron chi connectivity index (χ4n) is 4.59. The summed E-state index contributed by atoms with van der Waals surface area (Å²) < 4.78 is 0.927. The summed E-state index contributed by atoms with van der Waals surface area (Å²) in [4.78, 5) is 23.0. The second-order valence-electron chi connectivity index (χ2n) is 8.42. The molecule has 0 saturated heterocycles. The van der Waals surface area contributed by atoms with Gasteiger partial charge in [-0.1, -0.05) is 6.92 Å². The molecule has 1 atom stereocenters. The van der Waals surface area contributed by atoms with Gasteiger partial charge in [0.25, 0.3) is 5.56 Å². The number of fused-ring (bicyclic) bond motifs is 3. The van der Waals surface area contributed by atoms with Gasteiger partial charge in [-0.3, -0.25) is 4.79 Å². The Balaban J connectivity index is 1.69. The average molecular weight is 347 g/mol. The number of rotatable bonds is 3. The van der Waals surface area contributed by atoms with E-state index in [-0.39, 0.29) is 5.56 Å². The minimum atomic E-state index is 0.0773. The lowest BCUT2D eigenvalue weighted by atomic mass is 9.89. The second-order valence-corrected chi connectivity index (χ2v) is 9.50. The van der Waals surface area contributed by atoms with Gasteiger partial charge in [-0.15, -0.1) is 11.3 Å². The van der Waals surface area contributed by atoms with Gasteiger partial charge in [0.15, 0.2) is 5.82 Å². The van der Waals surface area contributed by atoms with Gasteiger partial charge in [-0.05, 0) is 56.4 Å². The Kier molecular flexibility index (Phi) is 4.04. The number of hydrogen-bond donors (Lipinski definition) is 1. The molecule has 130 valence electrons. The van der Waals surface area contributed by atoms with Crippen LogP contribution < -0.4 is 5.56 Å². The van der Waals surface area contributed by atoms with Gasteiger partial charge in [0, 0.05) is 4.88 Å². The molecule has 1 fully saturated rings. The fourth-order valence-corrected chi connectivity index (χ4v) is 5.99. The van der Waals surface area contributed by atoms with Gasteiger partial charge < -0.3 is 9.47 Å². The van der Waals surface area contributed by atoms with Crippen LogP contribution >= 0.6 is 11.3 Å². The highest BCUT2D eigenvalue weighted by Crippen LogP contribution is 2.36. The Morgan fingerprint density at radius 1 is 1.25 bits per heavy atom. The molecule has 0 aliphatic heterocycles. The van der Waals surface area contributed by atoms with E-state index in [1.54, 1.807) is 11.3 Å². The third kappa shape index (κ3) is 2.82. The standard InChI is InChI=1S/C19H27N3OS/c1-12-8-9-14-15(10-12)24-19-17(14)18(23)20-16(21-19)11-22(2,3)13-6-4-5-7-13/h12-13H,4-11H2,1-3H3/p+1/t12-/m1/s1. The van der Waals surface area contributed by atoms with Gasteiger partial charge in [0.2, 0.25) is 0 Å². The number of hydrogen-bond acceptors (Lipinski definition) is 3. The molecule has 0 radical (unpaired) electrons. The molecule has 2 heterocycles. The number of H-pyrrole nitrogens is 1. The minimum absolute atomic E-state index is 0.0773. The summed E-state index contributed by atoms with van der Waals surface area (Å²) in [6.07, 6.45) is 8.59. The van der Waals surface area contributed by atoms with Crippen molar-refractivity contribution < 1.29 is 4.48 Å². The highest BCUT2D eigenvalue weighted by molar-refractivity contribution is 7.18. The number of thiophene rings is 1. The van der Waals surface area contributed by atoms with E-state index in [9.17, 15) is 4.79 Å². The van der Waals surface area contributed by atoms with E-state index >= 15 is 0 Å². The van der Waals surface area contributed by atoms with Crippen molar-refractivity contribution in [2.24, 2.45) is 5.92 Å². The van der Waals surface area contributed by atoms with E-state index in [0.29, 0.717) is 6.04 Å². The van der Waals surface area contributed by atoms with Gasteiger partial charge in [-0.25, -0.2) is 4.98 Å². The van der Waals surface area contributed by atoms with E-state index in [4.69, 9.17) is 4.98 Å². The molecule has 2 aliphatic carbocycles. The van der Waals surface area contributed by atoms with E-state index in [2.05, 4.69) is 26.0 Å². The maximum atomic E-state index is 12.7. The molecule has 0 unspecified atom stereocenters. The molecule has 0 amide bonds. The molecular formula is C19H28N3OS+. The first-order valence-electron chi connectivity index (χ1n) is 9.30. The Labute approximate surface area is 147 Å². The van der Waals surface area contributed by atoms with Gasteiger partial charge in [0.1, 0.15) is 11.4 Å². The highest BCUT2D eigenvalue weighted by atomic mass is 32.1. The number of nitrogens with zero attached hydrogens (tertiary/aromatic N) is 2. The van der Waals surface area contributed by atoms with Crippen LogP contribution in [-0.4, -0.2) is 34.6 Å². The van der Waals surface area contributed by atoms with Crippen LogP contribution in [0.3, 0.4) is 0 Å². The summed E-state index contributed by atoms with van der Waals surface area (Å²) in [5.74, 6) is 1.58. The largest absolute Gasteiger partial charge is 0.320 e. The maximum absolute atomic E-state index is 12.7. The zero-order valence-electron chi connectivity index (χ0n) is 15.0. The van der Waals surface area contributed by atoms with Crippen LogP contribution in [0.25, 0.3) is 10.2 Å². The van der Waals surface area contributed by atoms with Crippen molar-refractivity contribution in [3.63, 3.8) is 0 Å². The summed E-state index contributed by atoms with van der Waals surface area (Å²) >= 11 is 1.75. The number of aryl methyl sites for hydroxylation is 1. The molecule has 1 saturated carbocycles. The molecule has 24 heavy (non-hydrogen) atoms. The molecule has 0 bridgehead atoms. The molecule has 1 N–H and O–H groups in total. The van der Waals surface area contributed by atoms with Crippen LogP contribution in [0, 0.1) is 5.92 Å². The van der Waals surface area contributed by atoms with Crippen molar-refractivity contribution in [3.8, 4) is 0 Å². The Hall–Kier alpha value is -1.20. The minimum Gasteiger partial charge on any atom is -0.320 e. The van der Waals surface area contributed by atoms with Crippen molar-refractivity contribution >= 4 is 21.6 Å². The molecule has 0 spiro atoms. The van der Waals surface area contributed by atoms with Crippen LogP contribution in [0.1, 0.15) is 55.3 Å². The predicted molar refractivity (Wildman–Crippen MR) is 99.5 cm³/mol. The van der Waals surface area contributed by atoms with E-state index in [1.165, 1.54) is 42.5 Å². The quantitative estimate of drug-likeness (QED) is 0.863.